The van der Waals surface area contributed by atoms with Gasteiger partial charge in [-0.3, -0.25) is 19.2 Å². The summed E-state index contributed by atoms with van der Waals surface area (Å²) in [5.41, 5.74) is -0.356. The van der Waals surface area contributed by atoms with Gasteiger partial charge >= 0.3 is 6.09 Å². The van der Waals surface area contributed by atoms with Crippen molar-refractivity contribution in [3.63, 3.8) is 0 Å². The van der Waals surface area contributed by atoms with Crippen LogP contribution in [0.1, 0.15) is 86.5 Å². The molecule has 2 saturated carbocycles. The van der Waals surface area contributed by atoms with Crippen molar-refractivity contribution in [2.24, 2.45) is 28.6 Å². The van der Waals surface area contributed by atoms with Crippen LogP contribution in [0, 0.1) is 28.6 Å². The Balaban J connectivity index is 1.82. The van der Waals surface area contributed by atoms with E-state index in [2.05, 4.69) is 36.4 Å². The van der Waals surface area contributed by atoms with Gasteiger partial charge in [0.1, 0.15) is 12.1 Å². The maximum Gasteiger partial charge on any atom is 0.407 e. The summed E-state index contributed by atoms with van der Waals surface area (Å²) in [7, 11) is 0. The van der Waals surface area contributed by atoms with E-state index in [-0.39, 0.29) is 47.6 Å². The number of nitrogens with zero attached hydrogens (tertiary/aromatic N) is 1. The van der Waals surface area contributed by atoms with E-state index >= 15 is 0 Å². The van der Waals surface area contributed by atoms with Gasteiger partial charge in [-0.2, -0.15) is 0 Å². The fraction of sp³-hybridized carbons (Fsp3) is 0.774. The molecule has 3 aliphatic rings. The number of ketones is 1. The Morgan fingerprint density at radius 1 is 1.07 bits per heavy atom. The van der Waals surface area contributed by atoms with Crippen molar-refractivity contribution in [1.29, 1.82) is 0 Å². The normalized spacial score (nSPS) is 24.8. The molecule has 230 valence electrons. The molecular formula is C31H50N4O6. The lowest BCUT2D eigenvalue weighted by atomic mass is 9.83. The van der Waals surface area contributed by atoms with Crippen LogP contribution >= 0.6 is 0 Å². The first-order valence-electron chi connectivity index (χ1n) is 15.2. The second kappa shape index (κ2) is 13.4. The van der Waals surface area contributed by atoms with E-state index in [1.807, 2.05) is 27.7 Å². The van der Waals surface area contributed by atoms with Gasteiger partial charge in [-0.1, -0.05) is 73.3 Å². The van der Waals surface area contributed by atoms with Gasteiger partial charge in [0.15, 0.2) is 0 Å². The number of carbonyl (C=O) groups is 5. The number of piperidine rings is 1. The van der Waals surface area contributed by atoms with Crippen molar-refractivity contribution in [1.82, 2.24) is 20.9 Å². The number of Topliss-reactive ketones (excluding diaryl/α,β-unsaturated/α-hetero) is 1. The highest BCUT2D eigenvalue weighted by atomic mass is 16.5. The molecule has 10 heteroatoms. The number of rotatable bonds is 12. The molecule has 0 spiro atoms. The molecule has 3 fully saturated rings. The molecule has 0 aromatic carbocycles. The standard InChI is InChI=1S/C31H50N4O6/c1-8-13-21(25(36)27(38)32-16-9-2)33-26(37)24-22-20(31(22,6)7)17-35(24)28(39)23(19-14-11-10-12-15-19)34-29(40)41-18-30(3,4)5/h9,19-24H,2,8,10-18H2,1,3-7H3,(H,32,38)(H,33,37)(H,34,40)/t20?,21?,22-,23-,24-/m0/s1. The summed E-state index contributed by atoms with van der Waals surface area (Å²) in [4.78, 5) is 67.7. The quantitative estimate of drug-likeness (QED) is 0.242. The van der Waals surface area contributed by atoms with Crippen molar-refractivity contribution in [3.8, 4) is 0 Å². The molecule has 2 unspecified atom stereocenters. The van der Waals surface area contributed by atoms with Crippen LogP contribution in [0.3, 0.4) is 0 Å². The maximum atomic E-state index is 14.2. The maximum absolute atomic E-state index is 14.2. The summed E-state index contributed by atoms with van der Waals surface area (Å²) < 4.78 is 5.45. The molecule has 10 nitrogen and oxygen atoms in total. The summed E-state index contributed by atoms with van der Waals surface area (Å²) in [6, 6.07) is -2.57. The molecule has 2 aliphatic carbocycles. The Kier molecular flexibility index (Phi) is 10.6. The van der Waals surface area contributed by atoms with Gasteiger partial charge in [0, 0.05) is 13.1 Å². The van der Waals surface area contributed by atoms with Crippen molar-refractivity contribution in [2.75, 3.05) is 19.7 Å². The SMILES string of the molecule is C=CCNC(=O)C(=O)C(CCC)NC(=O)[C@@H]1[C@@H]2C(CN1C(=O)[C@@H](NC(=O)OCC(C)(C)C)C1CCCCC1)C2(C)C. The zero-order valence-corrected chi connectivity index (χ0v) is 25.7. The minimum atomic E-state index is -0.991. The van der Waals surface area contributed by atoms with Crippen LogP contribution in [0.4, 0.5) is 4.79 Å². The number of alkyl carbamates (subject to hydrolysis) is 1. The number of likely N-dealkylation sites (tertiary alicyclic amines) is 1. The van der Waals surface area contributed by atoms with Crippen LogP contribution in [0.15, 0.2) is 12.7 Å². The zero-order chi connectivity index (χ0) is 30.5. The first-order chi connectivity index (χ1) is 19.2. The lowest BCUT2D eigenvalue weighted by Crippen LogP contribution is -2.59. The van der Waals surface area contributed by atoms with Gasteiger partial charge < -0.3 is 25.6 Å². The number of amides is 4. The molecule has 1 heterocycles. The Labute approximate surface area is 244 Å². The predicted octanol–water partition coefficient (Wildman–Crippen LogP) is 3.35. The van der Waals surface area contributed by atoms with E-state index in [9.17, 15) is 24.0 Å². The third-order valence-corrected chi connectivity index (χ3v) is 8.90. The third-order valence-electron chi connectivity index (χ3n) is 8.90. The molecule has 3 rings (SSSR count). The van der Waals surface area contributed by atoms with E-state index in [4.69, 9.17) is 4.74 Å². The molecule has 0 bridgehead atoms. The number of fused-ring (bicyclic) bond motifs is 1. The van der Waals surface area contributed by atoms with Crippen LogP contribution in [-0.4, -0.2) is 72.3 Å². The van der Waals surface area contributed by atoms with Crippen molar-refractivity contribution >= 4 is 29.6 Å². The average molecular weight is 575 g/mol. The van der Waals surface area contributed by atoms with E-state index < -0.39 is 41.8 Å². The summed E-state index contributed by atoms with van der Waals surface area (Å²) in [5.74, 6) is -2.19. The molecule has 0 aromatic rings. The lowest BCUT2D eigenvalue weighted by molar-refractivity contribution is -0.145. The second-order valence-corrected chi connectivity index (χ2v) is 13.8. The van der Waals surface area contributed by atoms with Gasteiger partial charge in [0.05, 0.1) is 12.6 Å². The van der Waals surface area contributed by atoms with Crippen LogP contribution in [0.2, 0.25) is 0 Å². The number of hydrogen-bond donors (Lipinski definition) is 3. The topological polar surface area (TPSA) is 134 Å². The first-order valence-corrected chi connectivity index (χ1v) is 15.2. The van der Waals surface area contributed by atoms with E-state index in [0.29, 0.717) is 19.4 Å². The minimum absolute atomic E-state index is 0.0462. The van der Waals surface area contributed by atoms with Gasteiger partial charge in [0.25, 0.3) is 5.91 Å². The van der Waals surface area contributed by atoms with Crippen molar-refractivity contribution < 1.29 is 28.7 Å². The van der Waals surface area contributed by atoms with Gasteiger partial charge in [0.2, 0.25) is 17.6 Å². The van der Waals surface area contributed by atoms with E-state index in [0.717, 1.165) is 32.1 Å². The van der Waals surface area contributed by atoms with Crippen molar-refractivity contribution in [3.05, 3.63) is 12.7 Å². The van der Waals surface area contributed by atoms with Crippen molar-refractivity contribution in [2.45, 2.75) is 105 Å². The number of ether oxygens (including phenoxy) is 1. The van der Waals surface area contributed by atoms with Crippen LogP contribution in [0.25, 0.3) is 0 Å². The molecule has 0 aromatic heterocycles. The number of nitrogens with one attached hydrogen (secondary N) is 3. The fourth-order valence-corrected chi connectivity index (χ4v) is 6.52. The van der Waals surface area contributed by atoms with Gasteiger partial charge in [-0.05, 0) is 47.8 Å². The highest BCUT2D eigenvalue weighted by molar-refractivity contribution is 6.38. The smallest absolute Gasteiger partial charge is 0.407 e. The predicted molar refractivity (Wildman–Crippen MR) is 156 cm³/mol. The second-order valence-electron chi connectivity index (χ2n) is 13.8. The van der Waals surface area contributed by atoms with E-state index in [1.165, 1.54) is 6.08 Å². The summed E-state index contributed by atoms with van der Waals surface area (Å²) >= 11 is 0. The highest BCUT2D eigenvalue weighted by Gasteiger charge is 2.69. The number of hydrogen-bond acceptors (Lipinski definition) is 6. The first kappa shape index (κ1) is 32.6. The Morgan fingerprint density at radius 2 is 1.73 bits per heavy atom. The van der Waals surface area contributed by atoms with Crippen LogP contribution in [-0.2, 0) is 23.9 Å². The summed E-state index contributed by atoms with van der Waals surface area (Å²) in [6.07, 6.45) is 6.40. The Hall–Kier alpha value is -2.91. The molecule has 5 atom stereocenters. The summed E-state index contributed by atoms with van der Waals surface area (Å²) in [6.45, 7) is 16.2. The monoisotopic (exact) mass is 574 g/mol. The molecule has 0 radical (unpaired) electrons. The zero-order valence-electron chi connectivity index (χ0n) is 25.7. The minimum Gasteiger partial charge on any atom is -0.449 e. The van der Waals surface area contributed by atoms with Gasteiger partial charge in [-0.25, -0.2) is 4.79 Å². The molecule has 3 N–H and O–H groups in total. The van der Waals surface area contributed by atoms with Crippen LogP contribution < -0.4 is 16.0 Å². The average Bonchev–Trinajstić information content (AvgIpc) is 3.24. The number of carbonyl (C=O) groups excluding carboxylic acids is 5. The molecule has 4 amide bonds. The third kappa shape index (κ3) is 7.89. The Bertz CT molecular complexity index is 1010. The van der Waals surface area contributed by atoms with Crippen LogP contribution in [0.5, 0.6) is 0 Å². The lowest BCUT2D eigenvalue weighted by Gasteiger charge is -2.37. The molecular weight excluding hydrogens is 524 g/mol. The van der Waals surface area contributed by atoms with Gasteiger partial charge in [-0.15, -0.1) is 6.58 Å². The fourth-order valence-electron chi connectivity index (χ4n) is 6.52. The molecule has 41 heavy (non-hydrogen) atoms. The molecule has 1 saturated heterocycles. The molecule has 1 aliphatic heterocycles. The highest BCUT2D eigenvalue weighted by Crippen LogP contribution is 2.65. The summed E-state index contributed by atoms with van der Waals surface area (Å²) in [5, 5.41) is 8.16. The van der Waals surface area contributed by atoms with E-state index in [1.54, 1.807) is 4.90 Å². The Morgan fingerprint density at radius 3 is 2.32 bits per heavy atom. The largest absolute Gasteiger partial charge is 0.449 e.